The second-order valence-corrected chi connectivity index (χ2v) is 4.99. The van der Waals surface area contributed by atoms with Crippen LogP contribution in [0.1, 0.15) is 32.1 Å². The predicted octanol–water partition coefficient (Wildman–Crippen LogP) is 2.69. The fraction of sp³-hybridized carbons (Fsp3) is 0.875. The SMILES string of the molecule is O=C1CC2(CCCC2)C1(Cl)Cl. The van der Waals surface area contributed by atoms with Crippen molar-refractivity contribution in [1.29, 1.82) is 0 Å². The molecule has 0 aromatic carbocycles. The second-order valence-electron chi connectivity index (χ2n) is 3.66. The van der Waals surface area contributed by atoms with E-state index in [-0.39, 0.29) is 11.2 Å². The molecule has 2 rings (SSSR count). The van der Waals surface area contributed by atoms with Gasteiger partial charge in [0.2, 0.25) is 0 Å². The molecule has 2 fully saturated rings. The Labute approximate surface area is 76.1 Å². The summed E-state index contributed by atoms with van der Waals surface area (Å²) >= 11 is 11.9. The molecule has 0 saturated heterocycles. The summed E-state index contributed by atoms with van der Waals surface area (Å²) in [6.45, 7) is 0. The van der Waals surface area contributed by atoms with Gasteiger partial charge in [0, 0.05) is 11.8 Å². The van der Waals surface area contributed by atoms with Crippen LogP contribution in [0.4, 0.5) is 0 Å². The van der Waals surface area contributed by atoms with E-state index < -0.39 is 4.33 Å². The molecule has 0 radical (unpaired) electrons. The van der Waals surface area contributed by atoms with Crippen LogP contribution in [0.3, 0.4) is 0 Å². The number of carbonyl (C=O) groups is 1. The van der Waals surface area contributed by atoms with Gasteiger partial charge in [-0.1, -0.05) is 36.0 Å². The van der Waals surface area contributed by atoms with E-state index in [1.54, 1.807) is 0 Å². The molecule has 0 unspecified atom stereocenters. The predicted molar refractivity (Wildman–Crippen MR) is 45.0 cm³/mol. The maximum Gasteiger partial charge on any atom is 0.181 e. The molecule has 2 saturated carbocycles. The Kier molecular flexibility index (Phi) is 1.53. The van der Waals surface area contributed by atoms with E-state index in [1.165, 1.54) is 12.8 Å². The van der Waals surface area contributed by atoms with Crippen LogP contribution < -0.4 is 0 Å². The van der Waals surface area contributed by atoms with Crippen molar-refractivity contribution in [1.82, 2.24) is 0 Å². The van der Waals surface area contributed by atoms with E-state index in [4.69, 9.17) is 23.2 Å². The van der Waals surface area contributed by atoms with Crippen LogP contribution in [-0.2, 0) is 4.79 Å². The van der Waals surface area contributed by atoms with E-state index in [2.05, 4.69) is 0 Å². The van der Waals surface area contributed by atoms with E-state index in [0.29, 0.717) is 6.42 Å². The summed E-state index contributed by atoms with van der Waals surface area (Å²) in [5.41, 5.74) is -0.0345. The van der Waals surface area contributed by atoms with Gasteiger partial charge in [-0.15, -0.1) is 0 Å². The summed E-state index contributed by atoms with van der Waals surface area (Å²) in [4.78, 5) is 11.0. The molecule has 0 atom stereocenters. The van der Waals surface area contributed by atoms with Crippen molar-refractivity contribution < 1.29 is 4.79 Å². The highest BCUT2D eigenvalue weighted by Crippen LogP contribution is 2.62. The molecule has 2 aliphatic rings. The van der Waals surface area contributed by atoms with E-state index in [9.17, 15) is 4.79 Å². The zero-order valence-electron chi connectivity index (χ0n) is 6.20. The average molecular weight is 193 g/mol. The number of halogens is 2. The van der Waals surface area contributed by atoms with Crippen molar-refractivity contribution in [3.05, 3.63) is 0 Å². The topological polar surface area (TPSA) is 17.1 Å². The van der Waals surface area contributed by atoms with Crippen molar-refractivity contribution in [2.75, 3.05) is 0 Å². The van der Waals surface area contributed by atoms with Crippen molar-refractivity contribution in [2.45, 2.75) is 36.4 Å². The zero-order chi connectivity index (χ0) is 8.11. The van der Waals surface area contributed by atoms with Crippen LogP contribution in [0.5, 0.6) is 0 Å². The number of rotatable bonds is 0. The lowest BCUT2D eigenvalue weighted by Crippen LogP contribution is -2.56. The first-order chi connectivity index (χ1) is 5.08. The molecule has 0 amide bonds. The van der Waals surface area contributed by atoms with Gasteiger partial charge in [-0.2, -0.15) is 0 Å². The lowest BCUT2D eigenvalue weighted by molar-refractivity contribution is -0.134. The van der Waals surface area contributed by atoms with Gasteiger partial charge in [0.1, 0.15) is 0 Å². The average Bonchev–Trinajstić information content (AvgIpc) is 2.39. The minimum absolute atomic E-state index is 0.0164. The minimum atomic E-state index is -1.04. The number of hydrogen-bond donors (Lipinski definition) is 0. The Morgan fingerprint density at radius 2 is 1.73 bits per heavy atom. The fourth-order valence-corrected chi connectivity index (χ4v) is 2.91. The summed E-state index contributed by atoms with van der Waals surface area (Å²) in [7, 11) is 0. The maximum atomic E-state index is 11.0. The third-order valence-electron chi connectivity index (χ3n) is 3.08. The zero-order valence-corrected chi connectivity index (χ0v) is 7.71. The highest BCUT2D eigenvalue weighted by molar-refractivity contribution is 6.61. The van der Waals surface area contributed by atoms with Gasteiger partial charge < -0.3 is 0 Å². The third kappa shape index (κ3) is 0.815. The van der Waals surface area contributed by atoms with Crippen LogP contribution in [0, 0.1) is 5.41 Å². The molecule has 11 heavy (non-hydrogen) atoms. The molecule has 0 aromatic rings. The van der Waals surface area contributed by atoms with E-state index in [0.717, 1.165) is 12.8 Å². The molecule has 0 N–H and O–H groups in total. The van der Waals surface area contributed by atoms with E-state index in [1.807, 2.05) is 0 Å². The quantitative estimate of drug-likeness (QED) is 0.540. The molecule has 62 valence electrons. The number of alkyl halides is 2. The molecular weight excluding hydrogens is 183 g/mol. The van der Waals surface area contributed by atoms with Crippen molar-refractivity contribution in [2.24, 2.45) is 5.41 Å². The van der Waals surface area contributed by atoms with Gasteiger partial charge in [0.25, 0.3) is 0 Å². The molecule has 0 heterocycles. The molecule has 2 aliphatic carbocycles. The molecule has 3 heteroatoms. The normalized spacial score (nSPS) is 32.4. The summed E-state index contributed by atoms with van der Waals surface area (Å²) in [6.07, 6.45) is 5.03. The van der Waals surface area contributed by atoms with Gasteiger partial charge in [0.05, 0.1) is 0 Å². The molecule has 0 bridgehead atoms. The maximum absolute atomic E-state index is 11.0. The molecule has 1 spiro atoms. The fourth-order valence-electron chi connectivity index (χ4n) is 2.26. The Bertz CT molecular complexity index is 204. The lowest BCUT2D eigenvalue weighted by atomic mass is 9.65. The Balaban J connectivity index is 2.24. The van der Waals surface area contributed by atoms with Gasteiger partial charge in [-0.25, -0.2) is 0 Å². The third-order valence-corrected chi connectivity index (χ3v) is 4.30. The Morgan fingerprint density at radius 3 is 2.09 bits per heavy atom. The molecule has 0 aromatic heterocycles. The standard InChI is InChI=1S/C8H10Cl2O/c9-8(10)6(11)5-7(8)3-1-2-4-7/h1-5H2. The molecular formula is C8H10Cl2O. The summed E-state index contributed by atoms with van der Waals surface area (Å²) in [6, 6.07) is 0. The largest absolute Gasteiger partial charge is 0.296 e. The van der Waals surface area contributed by atoms with Crippen LogP contribution in [0.15, 0.2) is 0 Å². The highest BCUT2D eigenvalue weighted by atomic mass is 35.5. The summed E-state index contributed by atoms with van der Waals surface area (Å²) in [5, 5.41) is 0. The number of hydrogen-bond acceptors (Lipinski definition) is 1. The van der Waals surface area contributed by atoms with Crippen molar-refractivity contribution >= 4 is 29.0 Å². The number of ketones is 1. The van der Waals surface area contributed by atoms with Crippen molar-refractivity contribution in [3.63, 3.8) is 0 Å². The van der Waals surface area contributed by atoms with Crippen LogP contribution in [0.25, 0.3) is 0 Å². The van der Waals surface area contributed by atoms with Crippen LogP contribution in [0.2, 0.25) is 0 Å². The second kappa shape index (κ2) is 2.14. The number of carbonyl (C=O) groups excluding carboxylic acids is 1. The minimum Gasteiger partial charge on any atom is -0.296 e. The Morgan fingerprint density at radius 1 is 1.18 bits per heavy atom. The highest BCUT2D eigenvalue weighted by Gasteiger charge is 2.64. The smallest absolute Gasteiger partial charge is 0.181 e. The van der Waals surface area contributed by atoms with Gasteiger partial charge >= 0.3 is 0 Å². The van der Waals surface area contributed by atoms with E-state index >= 15 is 0 Å². The first-order valence-corrected chi connectivity index (χ1v) is 4.75. The summed E-state index contributed by atoms with van der Waals surface area (Å²) < 4.78 is -1.04. The lowest BCUT2D eigenvalue weighted by Gasteiger charge is -2.48. The van der Waals surface area contributed by atoms with Crippen LogP contribution in [-0.4, -0.2) is 10.1 Å². The first-order valence-electron chi connectivity index (χ1n) is 4.00. The number of Topliss-reactive ketones (excluding diaryl/α,β-unsaturated/α-hetero) is 1. The Hall–Kier alpha value is 0.250. The first kappa shape index (κ1) is 7.88. The van der Waals surface area contributed by atoms with Crippen LogP contribution >= 0.6 is 23.2 Å². The summed E-state index contributed by atoms with van der Waals surface area (Å²) in [5.74, 6) is 0.0164. The molecule has 0 aliphatic heterocycles. The monoisotopic (exact) mass is 192 g/mol. The van der Waals surface area contributed by atoms with Gasteiger partial charge in [-0.3, -0.25) is 4.79 Å². The van der Waals surface area contributed by atoms with Gasteiger partial charge in [0.15, 0.2) is 10.1 Å². The van der Waals surface area contributed by atoms with Gasteiger partial charge in [-0.05, 0) is 12.8 Å². The molecule has 1 nitrogen and oxygen atoms in total. The van der Waals surface area contributed by atoms with Crippen molar-refractivity contribution in [3.8, 4) is 0 Å².